The molecule has 0 heterocycles. The molecule has 0 bridgehead atoms. The molecular formula is C15H12BrF3N2O3S. The number of nitrogens with zero attached hydrogens (tertiary/aromatic N) is 1. The van der Waals surface area contributed by atoms with Crippen LogP contribution in [-0.4, -0.2) is 20.9 Å². The van der Waals surface area contributed by atoms with Gasteiger partial charge in [-0.05, 0) is 42.5 Å². The number of carbonyl (C=O) groups is 1. The van der Waals surface area contributed by atoms with Crippen molar-refractivity contribution in [3.63, 3.8) is 0 Å². The Morgan fingerprint density at radius 2 is 1.72 bits per heavy atom. The lowest BCUT2D eigenvalue weighted by Crippen LogP contribution is -2.38. The van der Waals surface area contributed by atoms with Crippen LogP contribution in [0.1, 0.15) is 5.56 Å². The number of hydrogen-bond donors (Lipinski definition) is 1. The number of sulfonamides is 1. The summed E-state index contributed by atoms with van der Waals surface area (Å²) in [4.78, 5) is 11.1. The van der Waals surface area contributed by atoms with E-state index in [2.05, 4.69) is 15.9 Å². The SMILES string of the molecule is NC(=O)CN(c1cccc(C(F)(F)F)c1)S(=O)(=O)c1ccc(Br)cc1. The van der Waals surface area contributed by atoms with Gasteiger partial charge in [0.15, 0.2) is 0 Å². The third-order valence-corrected chi connectivity index (χ3v) is 5.48. The second-order valence-corrected chi connectivity index (χ2v) is 7.76. The van der Waals surface area contributed by atoms with Gasteiger partial charge in [0.2, 0.25) is 5.91 Å². The Hall–Kier alpha value is -2.07. The zero-order valence-electron chi connectivity index (χ0n) is 12.5. The Labute approximate surface area is 150 Å². The van der Waals surface area contributed by atoms with E-state index < -0.39 is 34.2 Å². The molecule has 0 spiro atoms. The van der Waals surface area contributed by atoms with Crippen LogP contribution >= 0.6 is 15.9 Å². The molecule has 2 N–H and O–H groups in total. The molecule has 2 aromatic rings. The lowest BCUT2D eigenvalue weighted by atomic mass is 10.2. The number of benzene rings is 2. The average Bonchev–Trinajstić information content (AvgIpc) is 2.52. The van der Waals surface area contributed by atoms with Crippen molar-refractivity contribution in [1.29, 1.82) is 0 Å². The van der Waals surface area contributed by atoms with Gasteiger partial charge in [0.1, 0.15) is 6.54 Å². The van der Waals surface area contributed by atoms with Crippen LogP contribution in [0.15, 0.2) is 57.9 Å². The topological polar surface area (TPSA) is 80.5 Å². The third-order valence-electron chi connectivity index (χ3n) is 3.16. The van der Waals surface area contributed by atoms with Gasteiger partial charge < -0.3 is 5.73 Å². The molecule has 0 fully saturated rings. The number of primary amides is 1. The van der Waals surface area contributed by atoms with Crippen LogP contribution in [0.4, 0.5) is 18.9 Å². The second-order valence-electron chi connectivity index (χ2n) is 4.98. The lowest BCUT2D eigenvalue weighted by Gasteiger charge is -2.24. The van der Waals surface area contributed by atoms with Gasteiger partial charge in [-0.25, -0.2) is 8.42 Å². The number of rotatable bonds is 5. The van der Waals surface area contributed by atoms with Gasteiger partial charge in [-0.3, -0.25) is 9.10 Å². The van der Waals surface area contributed by atoms with Gasteiger partial charge in [0.25, 0.3) is 10.0 Å². The Morgan fingerprint density at radius 3 is 2.24 bits per heavy atom. The summed E-state index contributed by atoms with van der Waals surface area (Å²) in [5.74, 6) is -1.00. The summed E-state index contributed by atoms with van der Waals surface area (Å²) in [5.41, 5.74) is 3.73. The highest BCUT2D eigenvalue weighted by atomic mass is 79.9. The van der Waals surface area contributed by atoms with Gasteiger partial charge >= 0.3 is 6.18 Å². The summed E-state index contributed by atoms with van der Waals surface area (Å²) in [7, 11) is -4.28. The highest BCUT2D eigenvalue weighted by Crippen LogP contribution is 2.33. The number of carbonyl (C=O) groups excluding carboxylic acids is 1. The first-order chi connectivity index (χ1) is 11.5. The summed E-state index contributed by atoms with van der Waals surface area (Å²) in [6.07, 6.45) is -4.66. The molecule has 134 valence electrons. The fourth-order valence-electron chi connectivity index (χ4n) is 2.03. The standard InChI is InChI=1S/C15H12BrF3N2O3S/c16-11-4-6-13(7-5-11)25(23,24)21(9-14(20)22)12-3-1-2-10(8-12)15(17,18)19/h1-8H,9H2,(H2,20,22). The van der Waals surface area contributed by atoms with Crippen molar-refractivity contribution >= 4 is 37.5 Å². The Bertz CT molecular complexity index is 884. The van der Waals surface area contributed by atoms with Gasteiger partial charge in [-0.2, -0.15) is 13.2 Å². The van der Waals surface area contributed by atoms with E-state index in [4.69, 9.17) is 5.73 Å². The van der Waals surface area contributed by atoms with Gasteiger partial charge in [-0.15, -0.1) is 0 Å². The largest absolute Gasteiger partial charge is 0.416 e. The van der Waals surface area contributed by atoms with Crippen LogP contribution in [0.3, 0.4) is 0 Å². The quantitative estimate of drug-likeness (QED) is 0.781. The predicted octanol–water partition coefficient (Wildman–Crippen LogP) is 3.15. The maximum absolute atomic E-state index is 12.9. The first-order valence-electron chi connectivity index (χ1n) is 6.75. The van der Waals surface area contributed by atoms with E-state index in [9.17, 15) is 26.4 Å². The zero-order valence-corrected chi connectivity index (χ0v) is 14.9. The van der Waals surface area contributed by atoms with E-state index in [1.807, 2.05) is 0 Å². The molecule has 0 radical (unpaired) electrons. The van der Waals surface area contributed by atoms with Gasteiger partial charge in [-0.1, -0.05) is 22.0 Å². The average molecular weight is 437 g/mol. The van der Waals surface area contributed by atoms with Crippen molar-refractivity contribution in [3.05, 3.63) is 58.6 Å². The molecule has 10 heteroatoms. The van der Waals surface area contributed by atoms with Gasteiger partial charge in [0, 0.05) is 4.47 Å². The van der Waals surface area contributed by atoms with E-state index in [1.54, 1.807) is 0 Å². The molecule has 0 aromatic heterocycles. The van der Waals surface area contributed by atoms with Crippen molar-refractivity contribution in [2.24, 2.45) is 5.73 Å². The van der Waals surface area contributed by atoms with E-state index in [1.165, 1.54) is 24.3 Å². The molecule has 2 rings (SSSR count). The molecule has 2 aromatic carbocycles. The number of alkyl halides is 3. The molecule has 25 heavy (non-hydrogen) atoms. The molecule has 0 saturated carbocycles. The Balaban J connectivity index is 2.57. The lowest BCUT2D eigenvalue weighted by molar-refractivity contribution is -0.137. The van der Waals surface area contributed by atoms with Crippen molar-refractivity contribution in [2.75, 3.05) is 10.8 Å². The monoisotopic (exact) mass is 436 g/mol. The summed E-state index contributed by atoms with van der Waals surface area (Å²) in [6, 6.07) is 9.13. The molecule has 1 amide bonds. The van der Waals surface area contributed by atoms with Crippen molar-refractivity contribution in [3.8, 4) is 0 Å². The molecule has 0 aliphatic rings. The van der Waals surface area contributed by atoms with Crippen LogP contribution in [0.2, 0.25) is 0 Å². The highest BCUT2D eigenvalue weighted by Gasteiger charge is 2.33. The van der Waals surface area contributed by atoms with Crippen LogP contribution in [0.5, 0.6) is 0 Å². The third kappa shape index (κ3) is 4.51. The Kier molecular flexibility index (Phi) is 5.43. The molecule has 0 atom stereocenters. The van der Waals surface area contributed by atoms with Crippen molar-refractivity contribution in [1.82, 2.24) is 0 Å². The first kappa shape index (κ1) is 19.3. The highest BCUT2D eigenvalue weighted by molar-refractivity contribution is 9.10. The van der Waals surface area contributed by atoms with Gasteiger partial charge in [0.05, 0.1) is 16.1 Å². The van der Waals surface area contributed by atoms with Crippen LogP contribution in [0, 0.1) is 0 Å². The van der Waals surface area contributed by atoms with E-state index >= 15 is 0 Å². The molecule has 0 aliphatic heterocycles. The van der Waals surface area contributed by atoms with E-state index in [0.29, 0.717) is 14.8 Å². The minimum absolute atomic E-state index is 0.186. The fourth-order valence-corrected chi connectivity index (χ4v) is 3.71. The van der Waals surface area contributed by atoms with Crippen molar-refractivity contribution in [2.45, 2.75) is 11.1 Å². The summed E-state index contributed by atoms with van der Waals surface area (Å²) >= 11 is 3.16. The van der Waals surface area contributed by atoms with Crippen LogP contribution < -0.4 is 10.0 Å². The summed E-state index contributed by atoms with van der Waals surface area (Å²) in [6.45, 7) is -0.792. The summed E-state index contributed by atoms with van der Waals surface area (Å²) < 4.78 is 65.4. The second kappa shape index (κ2) is 7.04. The molecular weight excluding hydrogens is 425 g/mol. The zero-order chi connectivity index (χ0) is 18.8. The molecule has 0 aliphatic carbocycles. The molecule has 0 unspecified atom stereocenters. The number of halogens is 4. The fraction of sp³-hybridized carbons (Fsp3) is 0.133. The number of anilines is 1. The number of hydrogen-bond acceptors (Lipinski definition) is 3. The Morgan fingerprint density at radius 1 is 1.12 bits per heavy atom. The first-order valence-corrected chi connectivity index (χ1v) is 8.99. The predicted molar refractivity (Wildman–Crippen MR) is 89.3 cm³/mol. The minimum atomic E-state index is -4.66. The molecule has 5 nitrogen and oxygen atoms in total. The maximum atomic E-state index is 12.9. The number of nitrogens with two attached hydrogens (primary N) is 1. The normalized spacial score (nSPS) is 12.0. The van der Waals surface area contributed by atoms with Crippen LogP contribution in [0.25, 0.3) is 0 Å². The minimum Gasteiger partial charge on any atom is -0.368 e. The van der Waals surface area contributed by atoms with Crippen molar-refractivity contribution < 1.29 is 26.4 Å². The number of amides is 1. The van der Waals surface area contributed by atoms with Crippen LogP contribution in [-0.2, 0) is 21.0 Å². The smallest absolute Gasteiger partial charge is 0.368 e. The van der Waals surface area contributed by atoms with E-state index in [0.717, 1.165) is 18.2 Å². The summed E-state index contributed by atoms with van der Waals surface area (Å²) in [5, 5.41) is 0. The maximum Gasteiger partial charge on any atom is 0.416 e. The van der Waals surface area contributed by atoms with E-state index in [-0.39, 0.29) is 10.6 Å². The molecule has 0 saturated heterocycles.